The summed E-state index contributed by atoms with van der Waals surface area (Å²) in [5.74, 6) is 5.06. The molecule has 3 rings (SSSR count). The highest BCUT2D eigenvalue weighted by Gasteiger charge is 2.08. The first-order chi connectivity index (χ1) is 4.89. The second-order valence-electron chi connectivity index (χ2n) is 2.54. The van der Waals surface area contributed by atoms with Crippen LogP contribution in [0.1, 0.15) is 0 Å². The maximum atomic E-state index is 5.06. The SMILES string of the molecule is C1CN1.C1CN1.NN1CC1. The molecule has 0 aromatic heterocycles. The maximum Gasteiger partial charge on any atom is 0.0271 e. The summed E-state index contributed by atoms with van der Waals surface area (Å²) < 4.78 is 0. The van der Waals surface area contributed by atoms with Crippen molar-refractivity contribution in [2.75, 3.05) is 39.3 Å². The van der Waals surface area contributed by atoms with Crippen LogP contribution in [-0.2, 0) is 0 Å². The predicted octanol–water partition coefficient (Wildman–Crippen LogP) is -1.65. The molecule has 0 radical (unpaired) electrons. The van der Waals surface area contributed by atoms with Gasteiger partial charge in [-0.05, 0) is 0 Å². The zero-order valence-electron chi connectivity index (χ0n) is 6.27. The molecule has 0 atom stereocenters. The summed E-state index contributed by atoms with van der Waals surface area (Å²) in [6, 6.07) is 0. The lowest BCUT2D eigenvalue weighted by molar-refractivity contribution is 0.602. The summed E-state index contributed by atoms with van der Waals surface area (Å²) >= 11 is 0. The number of hydrazine groups is 1. The Labute approximate surface area is 61.7 Å². The van der Waals surface area contributed by atoms with E-state index in [1.54, 1.807) is 5.01 Å². The van der Waals surface area contributed by atoms with E-state index < -0.39 is 0 Å². The number of hydrogen-bond donors (Lipinski definition) is 3. The van der Waals surface area contributed by atoms with Crippen molar-refractivity contribution in [3.05, 3.63) is 0 Å². The highest BCUT2D eigenvalue weighted by atomic mass is 15.5. The largest absolute Gasteiger partial charge is 0.314 e. The Balaban J connectivity index is 0.0000000762. The molecular formula is C6H16N4. The molecule has 3 aliphatic rings. The summed E-state index contributed by atoms with van der Waals surface area (Å²) in [7, 11) is 0. The fourth-order valence-corrected chi connectivity index (χ4v) is 0.0577. The van der Waals surface area contributed by atoms with Gasteiger partial charge >= 0.3 is 0 Å². The van der Waals surface area contributed by atoms with Crippen LogP contribution in [0.5, 0.6) is 0 Å². The molecule has 3 aliphatic heterocycles. The Hall–Kier alpha value is -0.160. The van der Waals surface area contributed by atoms with Gasteiger partial charge in [0.25, 0.3) is 0 Å². The molecular weight excluding hydrogens is 128 g/mol. The zero-order valence-corrected chi connectivity index (χ0v) is 6.27. The van der Waals surface area contributed by atoms with Gasteiger partial charge in [-0.15, -0.1) is 0 Å². The number of nitrogens with zero attached hydrogens (tertiary/aromatic N) is 1. The minimum Gasteiger partial charge on any atom is -0.314 e. The van der Waals surface area contributed by atoms with Crippen LogP contribution in [0.3, 0.4) is 0 Å². The van der Waals surface area contributed by atoms with E-state index >= 15 is 0 Å². The Morgan fingerprint density at radius 1 is 0.900 bits per heavy atom. The van der Waals surface area contributed by atoms with Gasteiger partial charge in [0.2, 0.25) is 0 Å². The molecule has 3 heterocycles. The van der Waals surface area contributed by atoms with Crippen LogP contribution in [0.25, 0.3) is 0 Å². The zero-order chi connectivity index (χ0) is 7.23. The Morgan fingerprint density at radius 3 is 1.10 bits per heavy atom. The number of nitrogens with one attached hydrogen (secondary N) is 2. The Bertz CT molecular complexity index is 66.3. The molecule has 0 amide bonds. The van der Waals surface area contributed by atoms with Gasteiger partial charge in [-0.1, -0.05) is 0 Å². The van der Waals surface area contributed by atoms with Crippen LogP contribution < -0.4 is 16.5 Å². The molecule has 0 unspecified atom stereocenters. The maximum absolute atomic E-state index is 5.06. The van der Waals surface area contributed by atoms with Crippen molar-refractivity contribution < 1.29 is 0 Å². The molecule has 0 aliphatic carbocycles. The smallest absolute Gasteiger partial charge is 0.0271 e. The van der Waals surface area contributed by atoms with E-state index in [1.165, 1.54) is 26.2 Å². The van der Waals surface area contributed by atoms with E-state index in [9.17, 15) is 0 Å². The van der Waals surface area contributed by atoms with Crippen molar-refractivity contribution in [3.8, 4) is 0 Å². The van der Waals surface area contributed by atoms with Crippen molar-refractivity contribution >= 4 is 0 Å². The van der Waals surface area contributed by atoms with Crippen LogP contribution in [0.2, 0.25) is 0 Å². The van der Waals surface area contributed by atoms with Crippen molar-refractivity contribution in [1.82, 2.24) is 15.6 Å². The molecule has 0 saturated carbocycles. The second-order valence-corrected chi connectivity index (χ2v) is 2.54. The second kappa shape index (κ2) is 4.62. The topological polar surface area (TPSA) is 72.9 Å². The van der Waals surface area contributed by atoms with Crippen molar-refractivity contribution in [3.63, 3.8) is 0 Å². The summed E-state index contributed by atoms with van der Waals surface area (Å²) in [4.78, 5) is 0. The lowest BCUT2D eigenvalue weighted by Gasteiger charge is -1.69. The van der Waals surface area contributed by atoms with Crippen LogP contribution in [0.15, 0.2) is 0 Å². The Morgan fingerprint density at radius 2 is 1.10 bits per heavy atom. The van der Waals surface area contributed by atoms with Crippen molar-refractivity contribution in [1.29, 1.82) is 0 Å². The monoisotopic (exact) mass is 144 g/mol. The number of rotatable bonds is 0. The van der Waals surface area contributed by atoms with Gasteiger partial charge < -0.3 is 10.6 Å². The molecule has 60 valence electrons. The molecule has 0 aromatic rings. The van der Waals surface area contributed by atoms with Crippen LogP contribution in [0, 0.1) is 0 Å². The first-order valence-electron chi connectivity index (χ1n) is 3.80. The highest BCUT2D eigenvalue weighted by Crippen LogP contribution is 1.88. The fraction of sp³-hybridized carbons (Fsp3) is 1.00. The van der Waals surface area contributed by atoms with E-state index in [2.05, 4.69) is 10.6 Å². The molecule has 3 fully saturated rings. The van der Waals surface area contributed by atoms with Crippen LogP contribution in [0.4, 0.5) is 0 Å². The summed E-state index contributed by atoms with van der Waals surface area (Å²) in [5, 5.41) is 7.75. The molecule has 4 nitrogen and oxygen atoms in total. The van der Waals surface area contributed by atoms with Crippen molar-refractivity contribution in [2.24, 2.45) is 5.84 Å². The highest BCUT2D eigenvalue weighted by molar-refractivity contribution is 4.61. The average molecular weight is 144 g/mol. The number of hydrogen-bond acceptors (Lipinski definition) is 4. The van der Waals surface area contributed by atoms with Gasteiger partial charge in [0.1, 0.15) is 0 Å². The standard InChI is InChI=1S/C2H6N2.2C2H5N/c3-4-1-2-4;2*1-2-3-1/h1-3H2;2*3H,1-2H2. The van der Waals surface area contributed by atoms with E-state index in [1.807, 2.05) is 0 Å². The minimum atomic E-state index is 1.10. The van der Waals surface area contributed by atoms with Gasteiger partial charge in [0, 0.05) is 39.3 Å². The average Bonchev–Trinajstić information content (AvgIpc) is 2.71. The third-order valence-electron chi connectivity index (χ3n) is 0.982. The molecule has 10 heavy (non-hydrogen) atoms. The van der Waals surface area contributed by atoms with Gasteiger partial charge in [-0.2, -0.15) is 0 Å². The first kappa shape index (κ1) is 7.94. The third-order valence-corrected chi connectivity index (χ3v) is 0.982. The van der Waals surface area contributed by atoms with Gasteiger partial charge in [-0.25, -0.2) is 5.01 Å². The van der Waals surface area contributed by atoms with Crippen LogP contribution in [-0.4, -0.2) is 44.3 Å². The van der Waals surface area contributed by atoms with E-state index in [0.29, 0.717) is 0 Å². The molecule has 0 bridgehead atoms. The normalized spacial score (nSPS) is 24.9. The predicted molar refractivity (Wildman–Crippen MR) is 41.5 cm³/mol. The summed E-state index contributed by atoms with van der Waals surface area (Å²) in [6.45, 7) is 7.19. The van der Waals surface area contributed by atoms with Crippen LogP contribution >= 0.6 is 0 Å². The first-order valence-corrected chi connectivity index (χ1v) is 3.80. The fourth-order valence-electron chi connectivity index (χ4n) is 0.0577. The Kier molecular flexibility index (Phi) is 3.67. The van der Waals surface area contributed by atoms with Gasteiger partial charge in [0.15, 0.2) is 0 Å². The molecule has 0 aromatic carbocycles. The summed E-state index contributed by atoms with van der Waals surface area (Å²) in [6.07, 6.45) is 0. The molecule has 3 saturated heterocycles. The van der Waals surface area contributed by atoms with Gasteiger partial charge in [-0.3, -0.25) is 5.84 Å². The van der Waals surface area contributed by atoms with E-state index in [-0.39, 0.29) is 0 Å². The third kappa shape index (κ3) is 15.7. The van der Waals surface area contributed by atoms with Gasteiger partial charge in [0.05, 0.1) is 0 Å². The number of nitrogens with two attached hydrogens (primary N) is 1. The molecule has 0 spiro atoms. The molecule has 4 N–H and O–H groups in total. The molecule has 4 heteroatoms. The van der Waals surface area contributed by atoms with Crippen molar-refractivity contribution in [2.45, 2.75) is 0 Å². The van der Waals surface area contributed by atoms with E-state index in [0.717, 1.165) is 13.1 Å². The lowest BCUT2D eigenvalue weighted by atomic mass is 11.0. The summed E-state index contributed by atoms with van der Waals surface area (Å²) in [5.41, 5.74) is 0. The van der Waals surface area contributed by atoms with E-state index in [4.69, 9.17) is 5.84 Å². The minimum absolute atomic E-state index is 1.10. The quantitative estimate of drug-likeness (QED) is 0.281. The lowest BCUT2D eigenvalue weighted by Crippen LogP contribution is -2.02.